The molecule has 0 aliphatic carbocycles. The molecule has 1 fully saturated rings. The summed E-state index contributed by atoms with van der Waals surface area (Å²) in [5.41, 5.74) is -0.825. The number of hydrogen-bond acceptors (Lipinski definition) is 10. The number of carbonyl (C=O) groups excluding carboxylic acids is 3. The number of ether oxygens (including phenoxy) is 2. The lowest BCUT2D eigenvalue weighted by Gasteiger charge is -2.36. The van der Waals surface area contributed by atoms with Gasteiger partial charge in [0.25, 0.3) is 0 Å². The van der Waals surface area contributed by atoms with Gasteiger partial charge in [-0.1, -0.05) is 13.3 Å². The number of alkyl carbamates (subject to hydrolysis) is 1. The van der Waals surface area contributed by atoms with Crippen molar-refractivity contribution in [2.75, 3.05) is 52.2 Å². The summed E-state index contributed by atoms with van der Waals surface area (Å²) in [5.74, 6) is -0.546. The summed E-state index contributed by atoms with van der Waals surface area (Å²) >= 11 is 0. The predicted octanol–water partition coefficient (Wildman–Crippen LogP) is 3.09. The molecule has 1 unspecified atom stereocenters. The first-order valence-electron chi connectivity index (χ1n) is 11.9. The zero-order chi connectivity index (χ0) is 26.5. The third kappa shape index (κ3) is 12.0. The van der Waals surface area contributed by atoms with Gasteiger partial charge in [0, 0.05) is 26.2 Å². The molecule has 1 aliphatic rings. The molecule has 0 spiro atoms. The minimum atomic E-state index is -4.11. The molecule has 0 bridgehead atoms. The van der Waals surface area contributed by atoms with Gasteiger partial charge < -0.3 is 24.6 Å². The van der Waals surface area contributed by atoms with Crippen LogP contribution in [0, 0.1) is 0 Å². The van der Waals surface area contributed by atoms with Gasteiger partial charge in [-0.3, -0.25) is 9.36 Å². The number of unbranched alkanes of at least 4 members (excludes halogenated alkanes) is 1. The second-order valence-electron chi connectivity index (χ2n) is 8.73. The van der Waals surface area contributed by atoms with Gasteiger partial charge in [-0.05, 0) is 41.0 Å². The van der Waals surface area contributed by atoms with E-state index in [0.717, 1.165) is 12.8 Å². The molecule has 1 heterocycles. The maximum atomic E-state index is 13.3. The molecule has 0 aromatic rings. The Morgan fingerprint density at radius 2 is 1.49 bits per heavy atom. The molecule has 0 aromatic carbocycles. The zero-order valence-corrected chi connectivity index (χ0v) is 22.5. The Labute approximate surface area is 207 Å². The first-order valence-corrected chi connectivity index (χ1v) is 13.6. The Morgan fingerprint density at radius 1 is 0.943 bits per heavy atom. The van der Waals surface area contributed by atoms with Crippen molar-refractivity contribution in [3.63, 3.8) is 0 Å². The van der Waals surface area contributed by atoms with Crippen LogP contribution in [0.3, 0.4) is 0 Å². The quantitative estimate of drug-likeness (QED) is 0.165. The van der Waals surface area contributed by atoms with Crippen LogP contribution in [0.2, 0.25) is 0 Å². The summed E-state index contributed by atoms with van der Waals surface area (Å²) in [6.07, 6.45) is -0.201. The lowest BCUT2D eigenvalue weighted by atomic mass is 10.2. The molecule has 13 nitrogen and oxygen atoms in total. The Balaban J connectivity index is 2.93. The Hall–Kier alpha value is -1.92. The van der Waals surface area contributed by atoms with Gasteiger partial charge in [0.15, 0.2) is 0 Å². The molecule has 0 radical (unpaired) electrons. The van der Waals surface area contributed by atoms with Crippen LogP contribution in [0.4, 0.5) is 9.59 Å². The summed E-state index contributed by atoms with van der Waals surface area (Å²) in [7, 11) is -4.11. The van der Waals surface area contributed by atoms with Gasteiger partial charge in [-0.25, -0.2) is 19.4 Å². The maximum Gasteiger partial charge on any atom is 0.409 e. The predicted molar refractivity (Wildman–Crippen MR) is 125 cm³/mol. The highest BCUT2D eigenvalue weighted by atomic mass is 31.2. The number of carbonyl (C=O) groups is 3. The molecule has 1 rings (SSSR count). The normalized spacial score (nSPS) is 15.5. The number of amides is 3. The van der Waals surface area contributed by atoms with Crippen LogP contribution in [-0.2, 0) is 38.0 Å². The van der Waals surface area contributed by atoms with Crippen molar-refractivity contribution < 1.29 is 47.5 Å². The SMILES string of the molecule is CCCCOC(=O)N1CCN(C(=O)C(CP(=O)(OOCC)OOCC)NC(=O)OC(C)(C)C)CC1. The first kappa shape index (κ1) is 31.1. The van der Waals surface area contributed by atoms with E-state index >= 15 is 0 Å². The molecule has 1 atom stereocenters. The fourth-order valence-corrected chi connectivity index (χ4v) is 4.30. The Morgan fingerprint density at radius 3 is 1.97 bits per heavy atom. The molecule has 14 heteroatoms. The van der Waals surface area contributed by atoms with E-state index < -0.39 is 43.5 Å². The van der Waals surface area contributed by atoms with E-state index in [1.54, 1.807) is 34.6 Å². The van der Waals surface area contributed by atoms with E-state index in [4.69, 9.17) is 28.6 Å². The van der Waals surface area contributed by atoms with Crippen molar-refractivity contribution in [3.05, 3.63) is 0 Å². The van der Waals surface area contributed by atoms with Crippen LogP contribution >= 0.6 is 7.60 Å². The van der Waals surface area contributed by atoms with Crippen LogP contribution < -0.4 is 5.32 Å². The van der Waals surface area contributed by atoms with Gasteiger partial charge in [-0.15, -0.1) is 9.35 Å². The van der Waals surface area contributed by atoms with Crippen molar-refractivity contribution in [1.82, 2.24) is 15.1 Å². The lowest BCUT2D eigenvalue weighted by molar-refractivity contribution is -0.263. The largest absolute Gasteiger partial charge is 0.449 e. The maximum absolute atomic E-state index is 13.3. The van der Waals surface area contributed by atoms with Crippen LogP contribution in [0.1, 0.15) is 54.4 Å². The number of nitrogens with one attached hydrogen (secondary N) is 1. The van der Waals surface area contributed by atoms with Crippen molar-refractivity contribution in [2.24, 2.45) is 0 Å². The number of hydrogen-bond donors (Lipinski definition) is 1. The van der Waals surface area contributed by atoms with E-state index in [2.05, 4.69) is 5.32 Å². The molecular weight excluding hydrogens is 485 g/mol. The minimum absolute atomic E-state index is 0.0634. The third-order valence-electron chi connectivity index (χ3n) is 4.54. The lowest BCUT2D eigenvalue weighted by Crippen LogP contribution is -2.57. The second-order valence-corrected chi connectivity index (χ2v) is 10.6. The number of rotatable bonds is 13. The summed E-state index contributed by atoms with van der Waals surface area (Å²) in [6.45, 7) is 11.6. The molecule has 1 N–H and O–H groups in total. The summed E-state index contributed by atoms with van der Waals surface area (Å²) < 4.78 is 33.4. The highest BCUT2D eigenvalue weighted by Gasteiger charge is 2.39. The van der Waals surface area contributed by atoms with E-state index in [-0.39, 0.29) is 39.4 Å². The summed E-state index contributed by atoms with van der Waals surface area (Å²) in [6, 6.07) is -1.33. The van der Waals surface area contributed by atoms with Crippen molar-refractivity contribution in [1.29, 1.82) is 0 Å². The fourth-order valence-electron chi connectivity index (χ4n) is 2.92. The van der Waals surface area contributed by atoms with Crippen molar-refractivity contribution in [2.45, 2.75) is 66.0 Å². The van der Waals surface area contributed by atoms with Crippen LogP contribution in [0.25, 0.3) is 0 Å². The zero-order valence-electron chi connectivity index (χ0n) is 21.6. The molecule has 1 saturated heterocycles. The monoisotopic (exact) mass is 525 g/mol. The standard InChI is InChI=1S/C21H40N3O10P/c1-7-10-15-29-20(27)24-13-11-23(12-14-24)18(25)17(22-19(26)32-21(4,5)6)16-35(28,33-30-8-2)34-31-9-3/h17H,7-16H2,1-6H3,(H,22,26). The molecular formula is C21H40N3O10P. The molecule has 204 valence electrons. The molecule has 35 heavy (non-hydrogen) atoms. The minimum Gasteiger partial charge on any atom is -0.449 e. The van der Waals surface area contributed by atoms with E-state index in [1.807, 2.05) is 6.92 Å². The average molecular weight is 526 g/mol. The van der Waals surface area contributed by atoms with Gasteiger partial charge in [-0.2, -0.15) is 0 Å². The molecule has 3 amide bonds. The highest BCUT2D eigenvalue weighted by Crippen LogP contribution is 2.49. The third-order valence-corrected chi connectivity index (χ3v) is 6.01. The van der Waals surface area contributed by atoms with Crippen LogP contribution in [0.5, 0.6) is 0 Å². The summed E-state index contributed by atoms with van der Waals surface area (Å²) in [5, 5.41) is 2.45. The molecule has 0 aromatic heterocycles. The Kier molecular flexibility index (Phi) is 13.6. The smallest absolute Gasteiger partial charge is 0.409 e. The Bertz CT molecular complexity index is 711. The average Bonchev–Trinajstić information content (AvgIpc) is 2.79. The van der Waals surface area contributed by atoms with Crippen LogP contribution in [-0.4, -0.2) is 91.7 Å². The molecule has 1 aliphatic heterocycles. The van der Waals surface area contributed by atoms with Gasteiger partial charge in [0.05, 0.1) is 26.0 Å². The van der Waals surface area contributed by atoms with Crippen LogP contribution in [0.15, 0.2) is 0 Å². The second kappa shape index (κ2) is 15.2. The number of piperazine rings is 1. The first-order chi connectivity index (χ1) is 16.4. The van der Waals surface area contributed by atoms with Gasteiger partial charge in [0.2, 0.25) is 5.91 Å². The van der Waals surface area contributed by atoms with E-state index in [1.165, 1.54) is 9.80 Å². The fraction of sp³-hybridized carbons (Fsp3) is 0.857. The summed E-state index contributed by atoms with van der Waals surface area (Å²) in [4.78, 5) is 50.5. The van der Waals surface area contributed by atoms with E-state index in [9.17, 15) is 18.9 Å². The molecule has 0 saturated carbocycles. The number of nitrogens with zero attached hydrogens (tertiary/aromatic N) is 2. The van der Waals surface area contributed by atoms with Gasteiger partial charge >= 0.3 is 19.8 Å². The topological polar surface area (TPSA) is 142 Å². The van der Waals surface area contributed by atoms with Crippen molar-refractivity contribution >= 4 is 25.7 Å². The van der Waals surface area contributed by atoms with Crippen molar-refractivity contribution in [3.8, 4) is 0 Å². The van der Waals surface area contributed by atoms with E-state index in [0.29, 0.717) is 6.61 Å². The highest BCUT2D eigenvalue weighted by molar-refractivity contribution is 7.53. The van der Waals surface area contributed by atoms with Gasteiger partial charge in [0.1, 0.15) is 11.6 Å².